The van der Waals surface area contributed by atoms with Crippen LogP contribution in [0.15, 0.2) is 63.8 Å². The molecule has 8 aromatic heterocycles. The van der Waals surface area contributed by atoms with E-state index < -0.39 is 6.10 Å². The fraction of sp³-hybridized carbons (Fsp3) is 0.585. The Kier molecular flexibility index (Phi) is 29.6. The Bertz CT molecular complexity index is 5070. The number of aromatic amines is 1. The summed E-state index contributed by atoms with van der Waals surface area (Å²) < 4.78 is 31.2. The number of H-pyrrole nitrogens is 1. The third-order valence-electron chi connectivity index (χ3n) is 24.6. The normalized spacial score (nSPS) is 17.7. The molecule has 11 nitrogen and oxygen atoms in total. The number of aryl methyl sites for hydroxylation is 2. The molecule has 16 heteroatoms. The van der Waals surface area contributed by atoms with Gasteiger partial charge in [0.1, 0.15) is 17.1 Å². The minimum absolute atomic E-state index is 0.0567. The molecule has 110 heavy (non-hydrogen) atoms. The van der Waals surface area contributed by atoms with Crippen molar-refractivity contribution in [2.24, 2.45) is 23.2 Å². The van der Waals surface area contributed by atoms with Crippen LogP contribution < -0.4 is 0 Å². The van der Waals surface area contributed by atoms with Gasteiger partial charge in [-0.2, -0.15) is 8.75 Å². The number of nitrogens with zero attached hydrogens (tertiary/aromatic N) is 8. The van der Waals surface area contributed by atoms with Crippen LogP contribution in [-0.4, -0.2) is 41.9 Å². The molecular weight excluding hydrogens is 1450 g/mol. The largest absolute Gasteiger partial charge is 0.372 e. The summed E-state index contributed by atoms with van der Waals surface area (Å²) in [4.78, 5) is 28.0. The highest BCUT2D eigenvalue weighted by molar-refractivity contribution is 7.34. The molecule has 0 aliphatic heterocycles. The topological polar surface area (TPSA) is 134 Å². The number of aromatic nitrogens is 5. The summed E-state index contributed by atoms with van der Waals surface area (Å²) in [5.41, 5.74) is 15.7. The van der Waals surface area contributed by atoms with E-state index in [2.05, 4.69) is 123 Å². The molecule has 4 atom stereocenters. The van der Waals surface area contributed by atoms with Gasteiger partial charge in [-0.1, -0.05) is 254 Å². The van der Waals surface area contributed by atoms with E-state index in [1.807, 2.05) is 52.5 Å². The lowest BCUT2D eigenvalue weighted by Gasteiger charge is -2.28. The van der Waals surface area contributed by atoms with Gasteiger partial charge in [0, 0.05) is 81.0 Å². The lowest BCUT2D eigenvalue weighted by Crippen LogP contribution is -2.19. The number of nitriles is 2. The van der Waals surface area contributed by atoms with E-state index in [-0.39, 0.29) is 22.6 Å². The zero-order valence-electron chi connectivity index (χ0n) is 68.0. The molecule has 4 unspecified atom stereocenters. The van der Waals surface area contributed by atoms with Gasteiger partial charge in [0.15, 0.2) is 5.78 Å². The van der Waals surface area contributed by atoms with Crippen molar-refractivity contribution in [3.63, 3.8) is 0 Å². The number of unbranched alkanes of at least 4 members (excludes halogenated alkanes) is 24. The smallest absolute Gasteiger partial charge is 0.270 e. The highest BCUT2D eigenvalue weighted by Gasteiger charge is 2.41. The Morgan fingerprint density at radius 1 is 0.555 bits per heavy atom. The van der Waals surface area contributed by atoms with Crippen molar-refractivity contribution in [2.45, 2.75) is 325 Å². The molecular formula is C94H121N9O2S5. The SMILES string of the molecule is [C-]#[N+]/C(C#N)=C1\C(=C\c2sc3c(sc4c5c6nsnc6c6c7sc8c(CCCCCCCCCCC)c(/C=C9/C(=C(\C#N)[N+]#[C-])C%10=CCC(C(C)(C)C)CC=C%10C9OC)sc8c7n(CC(CCCC)CCCCCC)c6c5n(CC(CCCC)CCCCCC)c34)c2CCCCCCCCCCC)C(=O)c2c[nH]cc21. The third-order valence-corrected chi connectivity index (χ3v) is 30.3. The number of hydrogen-bond donors (Lipinski definition) is 1. The number of ether oxygens (including phenoxy) is 1. The van der Waals surface area contributed by atoms with E-state index in [9.17, 15) is 15.3 Å². The number of rotatable bonds is 43. The summed E-state index contributed by atoms with van der Waals surface area (Å²) in [7, 11) is 1.81. The second-order valence-electron chi connectivity index (χ2n) is 33.4. The average Bonchev–Trinajstić information content (AvgIpc) is 1.50. The fourth-order valence-electron chi connectivity index (χ4n) is 18.4. The summed E-state index contributed by atoms with van der Waals surface area (Å²) in [6.07, 6.45) is 57.0. The summed E-state index contributed by atoms with van der Waals surface area (Å²) in [5, 5.41) is 24.0. The molecule has 3 aliphatic carbocycles. The first kappa shape index (κ1) is 82.7. The quantitative estimate of drug-likeness (QED) is 0.0175. The van der Waals surface area contributed by atoms with Crippen molar-refractivity contribution in [3.05, 3.63) is 119 Å². The van der Waals surface area contributed by atoms with Gasteiger partial charge in [-0.15, -0.1) is 45.3 Å². The molecule has 9 aromatic rings. The predicted octanol–water partition coefficient (Wildman–Crippen LogP) is 30.3. The lowest BCUT2D eigenvalue weighted by atomic mass is 9.77. The zero-order valence-corrected chi connectivity index (χ0v) is 72.1. The monoisotopic (exact) mass is 1570 g/mol. The number of carbonyl (C=O) groups is 1. The second kappa shape index (κ2) is 39.3. The molecule has 584 valence electrons. The summed E-state index contributed by atoms with van der Waals surface area (Å²) in [6.45, 7) is 39.5. The van der Waals surface area contributed by atoms with E-state index in [1.54, 1.807) is 12.4 Å². The summed E-state index contributed by atoms with van der Waals surface area (Å²) >= 11 is 9.02. The molecule has 1 N–H and O–H groups in total. The van der Waals surface area contributed by atoms with Crippen molar-refractivity contribution in [1.29, 1.82) is 10.5 Å². The van der Waals surface area contributed by atoms with Crippen molar-refractivity contribution in [1.82, 2.24) is 22.9 Å². The molecule has 3 aliphatic rings. The van der Waals surface area contributed by atoms with Gasteiger partial charge in [-0.3, -0.25) is 4.79 Å². The maximum absolute atomic E-state index is 14.8. The van der Waals surface area contributed by atoms with E-state index in [4.69, 9.17) is 26.6 Å². The molecule has 0 amide bonds. The number of allylic oxidation sites excluding steroid dienone is 6. The molecule has 12 rings (SSSR count). The van der Waals surface area contributed by atoms with Crippen LogP contribution in [0, 0.1) is 59.0 Å². The molecule has 0 bridgehead atoms. The lowest BCUT2D eigenvalue weighted by molar-refractivity contribution is 0.104. The van der Waals surface area contributed by atoms with Crippen LogP contribution in [-0.2, 0) is 30.7 Å². The van der Waals surface area contributed by atoms with Crippen molar-refractivity contribution in [3.8, 4) is 12.1 Å². The van der Waals surface area contributed by atoms with E-state index >= 15 is 0 Å². The van der Waals surface area contributed by atoms with E-state index in [1.165, 1.54) is 249 Å². The van der Waals surface area contributed by atoms with Crippen LogP contribution in [0.25, 0.3) is 99.5 Å². The molecule has 8 heterocycles. The van der Waals surface area contributed by atoms with Crippen LogP contribution in [0.3, 0.4) is 0 Å². The summed E-state index contributed by atoms with van der Waals surface area (Å²) in [6, 6.07) is 4.61. The van der Waals surface area contributed by atoms with Gasteiger partial charge in [0.05, 0.1) is 87.3 Å². The number of thiophene rings is 4. The number of ketones is 1. The minimum atomic E-state index is -0.422. The first-order valence-corrected chi connectivity index (χ1v) is 46.9. The first-order valence-electron chi connectivity index (χ1n) is 42.9. The van der Waals surface area contributed by atoms with Crippen LogP contribution in [0.2, 0.25) is 0 Å². The Hall–Kier alpha value is -6.73. The number of carbonyl (C=O) groups excluding carboxylic acids is 1. The molecule has 1 fully saturated rings. The van der Waals surface area contributed by atoms with Gasteiger partial charge >= 0.3 is 0 Å². The molecule has 0 radical (unpaired) electrons. The summed E-state index contributed by atoms with van der Waals surface area (Å²) in [5.74, 6) is 1.13. The number of nitrogens with one attached hydrogen (secondary N) is 1. The van der Waals surface area contributed by atoms with Crippen LogP contribution in [0.4, 0.5) is 0 Å². The van der Waals surface area contributed by atoms with Gasteiger partial charge in [0.2, 0.25) is 0 Å². The van der Waals surface area contributed by atoms with Crippen molar-refractivity contribution in [2.75, 3.05) is 7.11 Å². The molecule has 0 saturated heterocycles. The number of fused-ring (bicyclic) bond motifs is 16. The third kappa shape index (κ3) is 17.5. The highest BCUT2D eigenvalue weighted by Crippen LogP contribution is 2.57. The van der Waals surface area contributed by atoms with Gasteiger partial charge < -0.3 is 18.9 Å². The highest BCUT2D eigenvalue weighted by atomic mass is 32.1. The Balaban J connectivity index is 1.15. The van der Waals surface area contributed by atoms with E-state index in [0.717, 1.165) is 135 Å². The van der Waals surface area contributed by atoms with E-state index in [0.29, 0.717) is 40.0 Å². The Morgan fingerprint density at radius 3 is 1.44 bits per heavy atom. The van der Waals surface area contributed by atoms with Crippen molar-refractivity contribution < 1.29 is 9.53 Å². The number of methoxy groups -OCH3 is 1. The maximum Gasteiger partial charge on any atom is 0.270 e. The Labute approximate surface area is 677 Å². The van der Waals surface area contributed by atoms with Gasteiger partial charge in [-0.05, 0) is 127 Å². The Morgan fingerprint density at radius 2 is 0.982 bits per heavy atom. The molecule has 1 aromatic carbocycles. The molecule has 1 saturated carbocycles. The number of hydrogen-bond acceptors (Lipinski definition) is 11. The van der Waals surface area contributed by atoms with Gasteiger partial charge in [0.25, 0.3) is 11.4 Å². The zero-order chi connectivity index (χ0) is 77.4. The molecule has 0 spiro atoms. The predicted molar refractivity (Wildman–Crippen MR) is 474 cm³/mol. The fourth-order valence-corrected chi connectivity index (χ4v) is 24.9. The van der Waals surface area contributed by atoms with Crippen LogP contribution in [0.5, 0.6) is 0 Å². The standard InChI is InChI=1S/C94H121N9O2S5/c1-13-19-25-29-31-33-35-37-41-47-66-74(53-68-77(73(56-96)98-11)70-57-99-58-71(70)86(68)104)106-92-84-90(108-88(66)92)78-80-81(101-110-100-80)79-83(82(78)102(84)59-61(43-23-17-5)45-39-27-21-15-3)103(60-62(44-24-18-6)46-40-28-22-16-4)85-91(79)109-89-67(48-42-38-36-34-32-30-26-20-14-2)75(107-93(85)89)54-69-76(72(55-95)97-10)64-51-49-63(94(7,8)9)50-52-65(64)87(69)105-12/h51-54,57-58,61-63,87,99H,13-50,59-60H2,1-9,12H3/b68-53-,69-54-,76-72+,77-73+. The first-order chi connectivity index (χ1) is 53.8. The maximum atomic E-state index is 14.8. The second-order valence-corrected chi connectivity index (χ2v) is 38.0. The van der Waals surface area contributed by atoms with Crippen molar-refractivity contribution >= 4 is 153 Å². The average molecular weight is 1570 g/mol. The van der Waals surface area contributed by atoms with Crippen LogP contribution >= 0.6 is 57.1 Å². The minimum Gasteiger partial charge on any atom is -0.372 e. The van der Waals surface area contributed by atoms with Gasteiger partial charge in [-0.25, -0.2) is 20.2 Å². The number of Topliss-reactive ketones (excluding diaryl/α,β-unsaturated/α-hetero) is 1. The van der Waals surface area contributed by atoms with Crippen LogP contribution in [0.1, 0.15) is 330 Å². The number of benzene rings is 1.